The van der Waals surface area contributed by atoms with E-state index in [1.54, 1.807) is 6.08 Å². The van der Waals surface area contributed by atoms with E-state index in [9.17, 15) is 15.0 Å². The first kappa shape index (κ1) is 52.3. The minimum absolute atomic E-state index is 0.126. The molecule has 0 radical (unpaired) electrons. The molecule has 0 aliphatic heterocycles. The summed E-state index contributed by atoms with van der Waals surface area (Å²) < 4.78 is 0. The summed E-state index contributed by atoms with van der Waals surface area (Å²) in [5, 5.41) is 22.8. The molecular weight excluding hydrogens is 687 g/mol. The van der Waals surface area contributed by atoms with Crippen molar-refractivity contribution in [3.05, 3.63) is 146 Å². The Balaban J connectivity index is 3.80. The Morgan fingerprint density at radius 1 is 0.446 bits per heavy atom. The van der Waals surface area contributed by atoms with E-state index in [1.807, 2.05) is 6.08 Å². The summed E-state index contributed by atoms with van der Waals surface area (Å²) in [6.45, 7) is 4.11. The first-order valence-electron chi connectivity index (χ1n) is 22.0. The van der Waals surface area contributed by atoms with Crippen molar-refractivity contribution in [1.82, 2.24) is 5.32 Å². The van der Waals surface area contributed by atoms with Crippen molar-refractivity contribution < 1.29 is 15.0 Å². The molecule has 0 fully saturated rings. The minimum Gasteiger partial charge on any atom is -0.394 e. The van der Waals surface area contributed by atoms with Crippen molar-refractivity contribution in [2.24, 2.45) is 0 Å². The van der Waals surface area contributed by atoms with E-state index < -0.39 is 12.1 Å². The smallest absolute Gasteiger partial charge is 0.220 e. The number of nitrogens with one attached hydrogen (secondary N) is 1. The highest BCUT2D eigenvalue weighted by atomic mass is 16.3. The average Bonchev–Trinajstić information content (AvgIpc) is 3.20. The fraction of sp³-hybridized carbons (Fsp3) is 0.519. The van der Waals surface area contributed by atoms with Gasteiger partial charge < -0.3 is 15.5 Å². The Bertz CT molecular complexity index is 1240. The topological polar surface area (TPSA) is 69.6 Å². The molecule has 56 heavy (non-hydrogen) atoms. The number of hydrogen-bond donors (Lipinski definition) is 3. The third kappa shape index (κ3) is 41.4. The number of hydrogen-bond acceptors (Lipinski definition) is 3. The van der Waals surface area contributed by atoms with Gasteiger partial charge in [-0.05, 0) is 109 Å². The van der Waals surface area contributed by atoms with E-state index in [0.717, 1.165) is 103 Å². The summed E-state index contributed by atoms with van der Waals surface area (Å²) in [6.07, 6.45) is 73.9. The van der Waals surface area contributed by atoms with Crippen molar-refractivity contribution >= 4 is 5.91 Å². The molecule has 0 aromatic carbocycles. The summed E-state index contributed by atoms with van der Waals surface area (Å²) >= 11 is 0. The molecule has 0 heterocycles. The highest BCUT2D eigenvalue weighted by Crippen LogP contribution is 2.07. The van der Waals surface area contributed by atoms with Gasteiger partial charge in [-0.2, -0.15) is 0 Å². The molecule has 312 valence electrons. The van der Waals surface area contributed by atoms with Crippen LogP contribution in [0.3, 0.4) is 0 Å². The second kappa shape index (κ2) is 45.7. The number of allylic oxidation sites excluding steroid dienone is 23. The predicted molar refractivity (Wildman–Crippen MR) is 248 cm³/mol. The fourth-order valence-corrected chi connectivity index (χ4v) is 5.45. The van der Waals surface area contributed by atoms with Crippen LogP contribution in [-0.4, -0.2) is 34.9 Å². The minimum atomic E-state index is -0.889. The maximum absolute atomic E-state index is 12.3. The lowest BCUT2D eigenvalue weighted by Crippen LogP contribution is -2.45. The van der Waals surface area contributed by atoms with Gasteiger partial charge in [0.2, 0.25) is 5.91 Å². The number of aliphatic hydroxyl groups is 2. The molecule has 0 saturated carbocycles. The summed E-state index contributed by atoms with van der Waals surface area (Å²) in [7, 11) is 0. The molecule has 0 spiro atoms. The molecule has 0 aromatic rings. The molecule has 2 atom stereocenters. The molecule has 3 N–H and O–H groups in total. The van der Waals surface area contributed by atoms with Crippen LogP contribution in [0.15, 0.2) is 146 Å². The summed E-state index contributed by atoms with van der Waals surface area (Å²) in [4.78, 5) is 12.3. The van der Waals surface area contributed by atoms with Crippen molar-refractivity contribution in [3.63, 3.8) is 0 Å². The Hall–Kier alpha value is -3.73. The zero-order valence-corrected chi connectivity index (χ0v) is 35.6. The second-order valence-corrected chi connectivity index (χ2v) is 14.0. The second-order valence-electron chi connectivity index (χ2n) is 14.0. The highest BCUT2D eigenvalue weighted by molar-refractivity contribution is 5.76. The molecule has 0 rings (SSSR count). The first-order chi connectivity index (χ1) is 27.7. The molecule has 0 saturated heterocycles. The number of carbonyl (C=O) groups excluding carboxylic acids is 1. The van der Waals surface area contributed by atoms with Crippen molar-refractivity contribution in [3.8, 4) is 0 Å². The standard InChI is InChI=1S/C52H81NO3/c1-3-5-7-9-11-13-15-16-17-18-19-20-21-22-23-24-25-26-27-28-29-30-31-32-33-34-35-36-38-40-42-44-46-48-52(56)53-50(49-54)51(55)47-45-43-41-39-37-14-12-10-8-6-4-2/h5,7,11,13,16-17,19-20,22-23,25-26,28-29,31-32,34-35,37-40,45,47,50-51,54-55H,3-4,6,8-10,12,14-15,18,21,24,27,30,33,36,41-44,46,48-49H2,1-2H3,(H,53,56)/b7-5-,13-11-,17-16-,20-19-,23-22-,26-25-,29-28-,32-31-,35-34-,39-37+,40-38-,47-45+. The largest absolute Gasteiger partial charge is 0.394 e. The lowest BCUT2D eigenvalue weighted by molar-refractivity contribution is -0.123. The Kier molecular flexibility index (Phi) is 42.6. The summed E-state index contributed by atoms with van der Waals surface area (Å²) in [5.74, 6) is -0.126. The van der Waals surface area contributed by atoms with Gasteiger partial charge in [-0.3, -0.25) is 4.79 Å². The van der Waals surface area contributed by atoms with Crippen molar-refractivity contribution in [2.45, 2.75) is 167 Å². The van der Waals surface area contributed by atoms with Crippen LogP contribution in [0.2, 0.25) is 0 Å². The van der Waals surface area contributed by atoms with Crippen LogP contribution in [-0.2, 0) is 4.79 Å². The average molecular weight is 768 g/mol. The molecule has 0 aliphatic rings. The maximum atomic E-state index is 12.3. The SMILES string of the molecule is CC/C=C\C/C=C\C/C=C\C/C=C\C/C=C\C/C=C\C/C=C\C/C=C\C/C=C\C/C=C\CCCCC(=O)NC(CO)C(O)/C=C/CC/C=C/CCCCCCC. The van der Waals surface area contributed by atoms with Crippen molar-refractivity contribution in [2.75, 3.05) is 6.61 Å². The van der Waals surface area contributed by atoms with Gasteiger partial charge >= 0.3 is 0 Å². The normalized spacial score (nSPS) is 14.4. The molecule has 0 aliphatic carbocycles. The van der Waals surface area contributed by atoms with Crippen LogP contribution in [0, 0.1) is 0 Å². The molecule has 2 unspecified atom stereocenters. The van der Waals surface area contributed by atoms with Gasteiger partial charge in [0.05, 0.1) is 18.8 Å². The van der Waals surface area contributed by atoms with Crippen molar-refractivity contribution in [1.29, 1.82) is 0 Å². The molecule has 0 bridgehead atoms. The van der Waals surface area contributed by atoms with Gasteiger partial charge in [-0.1, -0.05) is 185 Å². The maximum Gasteiger partial charge on any atom is 0.220 e. The lowest BCUT2D eigenvalue weighted by Gasteiger charge is -2.19. The Labute approximate surface area is 344 Å². The number of carbonyl (C=O) groups is 1. The van der Waals surface area contributed by atoms with Gasteiger partial charge in [0.1, 0.15) is 0 Å². The first-order valence-corrected chi connectivity index (χ1v) is 22.0. The van der Waals surface area contributed by atoms with E-state index in [0.29, 0.717) is 6.42 Å². The van der Waals surface area contributed by atoms with Gasteiger partial charge in [0.15, 0.2) is 0 Å². The van der Waals surface area contributed by atoms with Crippen LogP contribution in [0.25, 0.3) is 0 Å². The number of amides is 1. The fourth-order valence-electron chi connectivity index (χ4n) is 5.45. The van der Waals surface area contributed by atoms with Gasteiger partial charge in [0, 0.05) is 6.42 Å². The highest BCUT2D eigenvalue weighted by Gasteiger charge is 2.17. The van der Waals surface area contributed by atoms with E-state index >= 15 is 0 Å². The van der Waals surface area contributed by atoms with Crippen LogP contribution in [0.4, 0.5) is 0 Å². The van der Waals surface area contributed by atoms with E-state index in [4.69, 9.17) is 0 Å². The van der Waals surface area contributed by atoms with E-state index in [1.165, 1.54) is 32.1 Å². The van der Waals surface area contributed by atoms with Crippen LogP contribution in [0.1, 0.15) is 155 Å². The Morgan fingerprint density at radius 2 is 0.804 bits per heavy atom. The van der Waals surface area contributed by atoms with Crippen LogP contribution < -0.4 is 5.32 Å². The monoisotopic (exact) mass is 768 g/mol. The predicted octanol–water partition coefficient (Wildman–Crippen LogP) is 14.1. The van der Waals surface area contributed by atoms with E-state index in [-0.39, 0.29) is 12.5 Å². The third-order valence-corrected chi connectivity index (χ3v) is 8.81. The van der Waals surface area contributed by atoms with Gasteiger partial charge in [-0.25, -0.2) is 0 Å². The molecule has 4 nitrogen and oxygen atoms in total. The van der Waals surface area contributed by atoms with Crippen LogP contribution in [0.5, 0.6) is 0 Å². The van der Waals surface area contributed by atoms with Gasteiger partial charge in [-0.15, -0.1) is 0 Å². The zero-order valence-electron chi connectivity index (χ0n) is 35.6. The van der Waals surface area contributed by atoms with E-state index in [2.05, 4.69) is 153 Å². The third-order valence-electron chi connectivity index (χ3n) is 8.81. The number of aliphatic hydroxyl groups excluding tert-OH is 2. The van der Waals surface area contributed by atoms with Gasteiger partial charge in [0.25, 0.3) is 0 Å². The Morgan fingerprint density at radius 3 is 1.23 bits per heavy atom. The molecule has 4 heteroatoms. The zero-order chi connectivity index (χ0) is 40.7. The summed E-state index contributed by atoms with van der Waals surface area (Å²) in [5.41, 5.74) is 0. The number of rotatable bonds is 37. The quantitative estimate of drug-likeness (QED) is 0.0435. The lowest BCUT2D eigenvalue weighted by atomic mass is 10.1. The molecule has 0 aromatic heterocycles. The summed E-state index contributed by atoms with van der Waals surface area (Å²) in [6, 6.07) is -0.672. The number of unbranched alkanes of at least 4 members (excludes halogenated alkanes) is 8. The molecule has 1 amide bonds. The molecular formula is C52H81NO3. The van der Waals surface area contributed by atoms with Crippen LogP contribution >= 0.6 is 0 Å².